The molecule has 0 amide bonds. The molecule has 2 aromatic rings. The van der Waals surface area contributed by atoms with E-state index in [0.29, 0.717) is 11.4 Å². The molecule has 0 aromatic heterocycles. The fourth-order valence-electron chi connectivity index (χ4n) is 1.88. The zero-order valence-corrected chi connectivity index (χ0v) is 12.4. The van der Waals surface area contributed by atoms with Crippen molar-refractivity contribution >= 4 is 27.5 Å². The molecular weight excluding hydrogens is 312 g/mol. The Bertz CT molecular complexity index is 554. The molecule has 0 bridgehead atoms. The molecule has 1 nitrogen and oxygen atoms in total. The van der Waals surface area contributed by atoms with Gasteiger partial charge in [-0.2, -0.15) is 0 Å². The summed E-state index contributed by atoms with van der Waals surface area (Å²) < 4.78 is 0.844. The van der Waals surface area contributed by atoms with Gasteiger partial charge in [-0.05, 0) is 51.7 Å². The number of hydrogen-bond acceptors (Lipinski definition) is 1. The topological polar surface area (TPSA) is 20.2 Å². The Balaban J connectivity index is 2.19. The van der Waals surface area contributed by atoms with Gasteiger partial charge in [0.15, 0.2) is 0 Å². The van der Waals surface area contributed by atoms with Crippen LogP contribution in [0.15, 0.2) is 46.9 Å². The number of aliphatic hydroxyl groups is 1. The van der Waals surface area contributed by atoms with Crippen LogP contribution in [0, 0.1) is 6.92 Å². The van der Waals surface area contributed by atoms with Crippen molar-refractivity contribution in [2.45, 2.75) is 19.4 Å². The molecule has 0 radical (unpaired) electrons. The average molecular weight is 326 g/mol. The van der Waals surface area contributed by atoms with E-state index in [1.165, 1.54) is 5.56 Å². The van der Waals surface area contributed by atoms with Crippen molar-refractivity contribution in [2.75, 3.05) is 0 Å². The third-order valence-electron chi connectivity index (χ3n) is 3.00. The highest BCUT2D eigenvalue weighted by atomic mass is 79.9. The molecule has 18 heavy (non-hydrogen) atoms. The minimum Gasteiger partial charge on any atom is -0.388 e. The molecular formula is C15H14BrClO. The average Bonchev–Trinajstić information content (AvgIpc) is 2.35. The lowest BCUT2D eigenvalue weighted by Crippen LogP contribution is -2.03. The van der Waals surface area contributed by atoms with E-state index in [-0.39, 0.29) is 0 Å². The smallest absolute Gasteiger partial charge is 0.0831 e. The van der Waals surface area contributed by atoms with E-state index in [1.54, 1.807) is 6.07 Å². The van der Waals surface area contributed by atoms with Crippen molar-refractivity contribution in [3.8, 4) is 0 Å². The first-order valence-corrected chi connectivity index (χ1v) is 6.92. The van der Waals surface area contributed by atoms with Crippen LogP contribution in [0.3, 0.4) is 0 Å². The first kappa shape index (κ1) is 13.6. The van der Waals surface area contributed by atoms with E-state index < -0.39 is 6.10 Å². The highest BCUT2D eigenvalue weighted by Crippen LogP contribution is 2.27. The van der Waals surface area contributed by atoms with Gasteiger partial charge < -0.3 is 5.11 Å². The zero-order chi connectivity index (χ0) is 13.1. The van der Waals surface area contributed by atoms with Crippen molar-refractivity contribution in [3.05, 3.63) is 68.7 Å². The van der Waals surface area contributed by atoms with Gasteiger partial charge in [0, 0.05) is 10.9 Å². The molecule has 0 aliphatic rings. The standard InChI is InChI=1S/C15H14BrClO/c1-10-4-2-3-5-11(10)9-15(18)12-6-7-13(16)14(17)8-12/h2-8,15,18H,9H2,1H3. The quantitative estimate of drug-likeness (QED) is 0.868. The van der Waals surface area contributed by atoms with E-state index in [0.717, 1.165) is 15.6 Å². The molecule has 0 aliphatic heterocycles. The molecule has 2 rings (SSSR count). The summed E-state index contributed by atoms with van der Waals surface area (Å²) >= 11 is 9.38. The number of hydrogen-bond donors (Lipinski definition) is 1. The van der Waals surface area contributed by atoms with Crippen LogP contribution in [-0.2, 0) is 6.42 Å². The number of halogens is 2. The normalized spacial score (nSPS) is 12.4. The number of aliphatic hydroxyl groups excluding tert-OH is 1. The van der Waals surface area contributed by atoms with Crippen molar-refractivity contribution in [1.29, 1.82) is 0 Å². The second-order valence-corrected chi connectivity index (χ2v) is 5.58. The van der Waals surface area contributed by atoms with Crippen LogP contribution in [0.25, 0.3) is 0 Å². The van der Waals surface area contributed by atoms with Gasteiger partial charge in [0.2, 0.25) is 0 Å². The van der Waals surface area contributed by atoms with Crippen LogP contribution in [0.2, 0.25) is 5.02 Å². The summed E-state index contributed by atoms with van der Waals surface area (Å²) in [4.78, 5) is 0. The highest BCUT2D eigenvalue weighted by Gasteiger charge is 2.11. The number of rotatable bonds is 3. The minimum absolute atomic E-state index is 0.531. The summed E-state index contributed by atoms with van der Waals surface area (Å²) in [5.74, 6) is 0. The first-order chi connectivity index (χ1) is 8.58. The Hall–Kier alpha value is -0.830. The van der Waals surface area contributed by atoms with Crippen molar-refractivity contribution < 1.29 is 5.11 Å². The van der Waals surface area contributed by atoms with Gasteiger partial charge in [0.25, 0.3) is 0 Å². The lowest BCUT2D eigenvalue weighted by molar-refractivity contribution is 0.178. The maximum atomic E-state index is 10.2. The SMILES string of the molecule is Cc1ccccc1CC(O)c1ccc(Br)c(Cl)c1. The van der Waals surface area contributed by atoms with Crippen LogP contribution in [0.4, 0.5) is 0 Å². The Morgan fingerprint density at radius 2 is 1.94 bits per heavy atom. The van der Waals surface area contributed by atoms with Gasteiger partial charge in [0.05, 0.1) is 11.1 Å². The van der Waals surface area contributed by atoms with E-state index in [2.05, 4.69) is 28.9 Å². The predicted molar refractivity (Wildman–Crippen MR) is 79.0 cm³/mol. The van der Waals surface area contributed by atoms with Crippen LogP contribution in [0.5, 0.6) is 0 Å². The Morgan fingerprint density at radius 1 is 1.22 bits per heavy atom. The van der Waals surface area contributed by atoms with Crippen LogP contribution < -0.4 is 0 Å². The van der Waals surface area contributed by atoms with Crippen LogP contribution in [0.1, 0.15) is 22.8 Å². The summed E-state index contributed by atoms with van der Waals surface area (Å²) in [6, 6.07) is 13.6. The van der Waals surface area contributed by atoms with Gasteiger partial charge >= 0.3 is 0 Å². The van der Waals surface area contributed by atoms with E-state index >= 15 is 0 Å². The summed E-state index contributed by atoms with van der Waals surface area (Å²) in [6.45, 7) is 2.05. The van der Waals surface area contributed by atoms with Gasteiger partial charge in [-0.3, -0.25) is 0 Å². The van der Waals surface area contributed by atoms with Crippen molar-refractivity contribution in [3.63, 3.8) is 0 Å². The Labute approximate surface area is 121 Å². The largest absolute Gasteiger partial charge is 0.388 e. The molecule has 0 aliphatic carbocycles. The lowest BCUT2D eigenvalue weighted by Gasteiger charge is -2.13. The first-order valence-electron chi connectivity index (χ1n) is 5.75. The highest BCUT2D eigenvalue weighted by molar-refractivity contribution is 9.10. The van der Waals surface area contributed by atoms with E-state index in [1.807, 2.05) is 30.3 Å². The van der Waals surface area contributed by atoms with Gasteiger partial charge in [-0.15, -0.1) is 0 Å². The van der Waals surface area contributed by atoms with Crippen molar-refractivity contribution in [2.24, 2.45) is 0 Å². The fraction of sp³-hybridized carbons (Fsp3) is 0.200. The lowest BCUT2D eigenvalue weighted by atomic mass is 9.98. The number of aryl methyl sites for hydroxylation is 1. The molecule has 1 unspecified atom stereocenters. The summed E-state index contributed by atoms with van der Waals surface area (Å²) in [5.41, 5.74) is 3.19. The molecule has 3 heteroatoms. The maximum absolute atomic E-state index is 10.2. The van der Waals surface area contributed by atoms with Crippen molar-refractivity contribution in [1.82, 2.24) is 0 Å². The third-order valence-corrected chi connectivity index (χ3v) is 4.24. The molecule has 0 heterocycles. The summed E-state index contributed by atoms with van der Waals surface area (Å²) in [5, 5.41) is 10.9. The van der Waals surface area contributed by atoms with Crippen LogP contribution >= 0.6 is 27.5 Å². The number of benzene rings is 2. The molecule has 1 N–H and O–H groups in total. The fourth-order valence-corrected chi connectivity index (χ4v) is 2.32. The molecule has 0 fully saturated rings. The second-order valence-electron chi connectivity index (χ2n) is 4.32. The van der Waals surface area contributed by atoms with Gasteiger partial charge in [-0.1, -0.05) is 41.9 Å². The monoisotopic (exact) mass is 324 g/mol. The zero-order valence-electron chi connectivity index (χ0n) is 10.0. The second kappa shape index (κ2) is 5.87. The summed E-state index contributed by atoms with van der Waals surface area (Å²) in [6.07, 6.45) is 0.0710. The molecule has 0 spiro atoms. The Morgan fingerprint density at radius 3 is 2.61 bits per heavy atom. The molecule has 1 atom stereocenters. The minimum atomic E-state index is -0.531. The third kappa shape index (κ3) is 3.14. The molecule has 94 valence electrons. The summed E-state index contributed by atoms with van der Waals surface area (Å²) in [7, 11) is 0. The van der Waals surface area contributed by atoms with E-state index in [4.69, 9.17) is 11.6 Å². The molecule has 0 saturated heterocycles. The predicted octanol–water partition coefficient (Wildman–Crippen LogP) is 4.69. The van der Waals surface area contributed by atoms with Crippen LogP contribution in [-0.4, -0.2) is 5.11 Å². The van der Waals surface area contributed by atoms with E-state index in [9.17, 15) is 5.11 Å². The Kier molecular flexibility index (Phi) is 4.44. The van der Waals surface area contributed by atoms with Gasteiger partial charge in [-0.25, -0.2) is 0 Å². The maximum Gasteiger partial charge on any atom is 0.0831 e. The van der Waals surface area contributed by atoms with Gasteiger partial charge in [0.1, 0.15) is 0 Å². The molecule has 2 aromatic carbocycles. The molecule has 0 saturated carbocycles.